The van der Waals surface area contributed by atoms with Gasteiger partial charge in [-0.3, -0.25) is 0 Å². The number of carbonyl (C=O) groups is 1. The van der Waals surface area contributed by atoms with Crippen LogP contribution in [0.15, 0.2) is 48.5 Å². The minimum atomic E-state index is -4.48. The molecule has 0 saturated heterocycles. The normalized spacial score (nSPS) is 11.6. The zero-order valence-electron chi connectivity index (χ0n) is 32.9. The fourth-order valence-corrected chi connectivity index (χ4v) is 5.24. The molecule has 2 aromatic carbocycles. The number of benzene rings is 2. The lowest BCUT2D eigenvalue weighted by molar-refractivity contribution is -0.137. The molecule has 0 aliphatic heterocycles. The number of unbranched alkanes of at least 4 members (excludes halogenated alkanes) is 3. The van der Waals surface area contributed by atoms with Gasteiger partial charge in [-0.1, -0.05) is 53.6 Å². The number of nitrogens with one attached hydrogen (secondary N) is 1. The maximum Gasteiger partial charge on any atom is 0.416 e. The van der Waals surface area contributed by atoms with Crippen LogP contribution in [0.1, 0.15) is 41.6 Å². The summed E-state index contributed by atoms with van der Waals surface area (Å²) < 4.78 is 101. The molecule has 0 saturated carbocycles. The Labute approximate surface area is 348 Å². The van der Waals surface area contributed by atoms with Crippen LogP contribution in [-0.4, -0.2) is 149 Å². The summed E-state index contributed by atoms with van der Waals surface area (Å²) in [5, 5.41) is 2.86. The third-order valence-electron chi connectivity index (χ3n) is 7.60. The molecule has 0 unspecified atom stereocenters. The molecule has 13 nitrogen and oxygen atoms in total. The third kappa shape index (κ3) is 28.8. The van der Waals surface area contributed by atoms with E-state index in [1.54, 1.807) is 18.2 Å². The summed E-state index contributed by atoms with van der Waals surface area (Å²) in [6.07, 6.45) is 0.441. The van der Waals surface area contributed by atoms with E-state index in [9.17, 15) is 18.0 Å². The maximum absolute atomic E-state index is 13.1. The summed E-state index contributed by atoms with van der Waals surface area (Å²) >= 11 is 2.41. The zero-order chi connectivity index (χ0) is 40.9. The molecule has 0 aliphatic carbocycles. The minimum absolute atomic E-state index is 0.000871. The van der Waals surface area contributed by atoms with Crippen LogP contribution in [0.25, 0.3) is 0 Å². The van der Waals surface area contributed by atoms with Crippen LogP contribution in [0.4, 0.5) is 24.5 Å². The lowest BCUT2D eigenvalue weighted by Gasteiger charge is -2.13. The molecule has 2 rings (SSSR count). The highest BCUT2D eigenvalue weighted by Gasteiger charge is 2.30. The first-order chi connectivity index (χ1) is 27.9. The molecule has 0 bridgehead atoms. The Morgan fingerprint density at radius 3 is 1.33 bits per heavy atom. The minimum Gasteiger partial charge on any atom is -0.460 e. The fourth-order valence-electron chi connectivity index (χ4n) is 4.70. The van der Waals surface area contributed by atoms with Crippen molar-refractivity contribution in [3.63, 3.8) is 0 Å². The molecular weight excluding hydrogens is 870 g/mol. The lowest BCUT2D eigenvalue weighted by Crippen LogP contribution is -2.16. The van der Waals surface area contributed by atoms with Crippen molar-refractivity contribution in [2.75, 3.05) is 148 Å². The van der Waals surface area contributed by atoms with E-state index in [0.29, 0.717) is 125 Å². The van der Waals surface area contributed by atoms with Crippen molar-refractivity contribution in [1.82, 2.24) is 0 Å². The molecule has 57 heavy (non-hydrogen) atoms. The molecule has 2 aromatic rings. The molecule has 0 radical (unpaired) electrons. The van der Waals surface area contributed by atoms with Crippen LogP contribution in [0.5, 0.6) is 0 Å². The van der Waals surface area contributed by atoms with Crippen molar-refractivity contribution in [3.8, 4) is 0 Å². The smallest absolute Gasteiger partial charge is 0.416 e. The van der Waals surface area contributed by atoms with Crippen molar-refractivity contribution in [2.24, 2.45) is 0 Å². The van der Waals surface area contributed by atoms with E-state index < -0.39 is 17.7 Å². The first-order valence-corrected chi connectivity index (χ1v) is 21.0. The first kappa shape index (κ1) is 51.0. The molecule has 0 amide bonds. The molecule has 326 valence electrons. The summed E-state index contributed by atoms with van der Waals surface area (Å²) in [6, 6.07) is 11.1. The van der Waals surface area contributed by atoms with E-state index >= 15 is 0 Å². The lowest BCUT2D eigenvalue weighted by atomic mass is 10.1. The maximum atomic E-state index is 13.1. The van der Waals surface area contributed by atoms with Gasteiger partial charge in [0.05, 0.1) is 142 Å². The highest BCUT2D eigenvalue weighted by atomic mass is 127. The second kappa shape index (κ2) is 35.7. The van der Waals surface area contributed by atoms with E-state index in [-0.39, 0.29) is 24.5 Å². The summed E-state index contributed by atoms with van der Waals surface area (Å²) in [5.74, 6) is -0.627. The number of esters is 1. The van der Waals surface area contributed by atoms with E-state index in [0.717, 1.165) is 25.2 Å². The van der Waals surface area contributed by atoms with E-state index in [4.69, 9.17) is 52.1 Å². The predicted molar refractivity (Wildman–Crippen MR) is 217 cm³/mol. The van der Waals surface area contributed by atoms with Gasteiger partial charge in [0.25, 0.3) is 0 Å². The summed E-state index contributed by atoms with van der Waals surface area (Å²) in [7, 11) is 0. The van der Waals surface area contributed by atoms with Gasteiger partial charge in [0, 0.05) is 12.3 Å². The standard InChI is InChI=1S/C40H61F3INO12/c41-40(42,43)35-8-7-9-36(34-35)45-38-11-4-3-10-37(38)39(46)57-33-32-56-31-30-55-29-28-54-27-26-53-25-24-52-23-22-51-21-20-50-19-18-49-17-16-48-15-14-47-13-6-2-1-5-12-44/h3-4,7-11,34,45H,1-2,5-6,12-33H2. The van der Waals surface area contributed by atoms with Crippen LogP contribution in [0, 0.1) is 0 Å². The number of rotatable bonds is 39. The quantitative estimate of drug-likeness (QED) is 0.0328. The van der Waals surface area contributed by atoms with Crippen molar-refractivity contribution >= 4 is 39.9 Å². The first-order valence-electron chi connectivity index (χ1n) is 19.5. The monoisotopic (exact) mass is 931 g/mol. The average molecular weight is 932 g/mol. The van der Waals surface area contributed by atoms with Crippen molar-refractivity contribution in [2.45, 2.75) is 31.9 Å². The van der Waals surface area contributed by atoms with Crippen LogP contribution >= 0.6 is 22.6 Å². The third-order valence-corrected chi connectivity index (χ3v) is 8.36. The molecule has 0 heterocycles. The second-order valence-electron chi connectivity index (χ2n) is 12.1. The molecular formula is C40H61F3INO12. The van der Waals surface area contributed by atoms with E-state index in [2.05, 4.69) is 27.9 Å². The Morgan fingerprint density at radius 1 is 0.491 bits per heavy atom. The molecule has 0 spiro atoms. The largest absolute Gasteiger partial charge is 0.460 e. The number of ether oxygens (including phenoxy) is 11. The molecule has 0 aliphatic rings. The number of alkyl halides is 4. The van der Waals surface area contributed by atoms with Crippen molar-refractivity contribution in [3.05, 3.63) is 59.7 Å². The van der Waals surface area contributed by atoms with E-state index in [1.165, 1.54) is 41.9 Å². The van der Waals surface area contributed by atoms with Gasteiger partial charge in [-0.2, -0.15) is 13.2 Å². The number of anilines is 2. The van der Waals surface area contributed by atoms with Crippen molar-refractivity contribution < 1.29 is 70.1 Å². The van der Waals surface area contributed by atoms with Gasteiger partial charge in [-0.15, -0.1) is 0 Å². The predicted octanol–water partition coefficient (Wildman–Crippen LogP) is 6.77. The van der Waals surface area contributed by atoms with Gasteiger partial charge < -0.3 is 57.4 Å². The van der Waals surface area contributed by atoms with Gasteiger partial charge in [0.2, 0.25) is 0 Å². The van der Waals surface area contributed by atoms with E-state index in [1.807, 2.05) is 0 Å². The number of halogens is 4. The van der Waals surface area contributed by atoms with Crippen LogP contribution < -0.4 is 5.32 Å². The van der Waals surface area contributed by atoms with Gasteiger partial charge in [-0.05, 0) is 47.6 Å². The number of hydrogen-bond donors (Lipinski definition) is 1. The van der Waals surface area contributed by atoms with Gasteiger partial charge in [0.1, 0.15) is 6.61 Å². The summed E-state index contributed by atoms with van der Waals surface area (Å²) in [4.78, 5) is 12.6. The Morgan fingerprint density at radius 2 is 0.895 bits per heavy atom. The Kier molecular flexibility index (Phi) is 32.0. The Balaban J connectivity index is 1.26. The zero-order valence-corrected chi connectivity index (χ0v) is 35.1. The van der Waals surface area contributed by atoms with Crippen LogP contribution in [0.2, 0.25) is 0 Å². The molecule has 0 aromatic heterocycles. The average Bonchev–Trinajstić information content (AvgIpc) is 3.20. The Bertz CT molecular complexity index is 1250. The van der Waals surface area contributed by atoms with Crippen molar-refractivity contribution in [1.29, 1.82) is 0 Å². The van der Waals surface area contributed by atoms with Gasteiger partial charge in [-0.25, -0.2) is 4.79 Å². The van der Waals surface area contributed by atoms with Gasteiger partial charge >= 0.3 is 12.1 Å². The molecule has 0 fully saturated rings. The fraction of sp³-hybridized carbons (Fsp3) is 0.675. The van der Waals surface area contributed by atoms with Crippen LogP contribution in [-0.2, 0) is 58.3 Å². The Hall–Kier alpha value is -2.17. The van der Waals surface area contributed by atoms with Gasteiger partial charge in [0.15, 0.2) is 0 Å². The highest BCUT2D eigenvalue weighted by Crippen LogP contribution is 2.32. The molecule has 1 N–H and O–H groups in total. The molecule has 17 heteroatoms. The summed E-state index contributed by atoms with van der Waals surface area (Å²) in [6.45, 7) is 9.43. The molecule has 0 atom stereocenters. The second-order valence-corrected chi connectivity index (χ2v) is 13.2. The highest BCUT2D eigenvalue weighted by molar-refractivity contribution is 14.1. The SMILES string of the molecule is O=C(OCCOCCOCCOCCOCCOCCOCCOCCOCCOCCOCCCCCCI)c1ccccc1Nc1cccc(C(F)(F)F)c1. The number of carbonyl (C=O) groups excluding carboxylic acids is 1. The van der Waals surface area contributed by atoms with Crippen LogP contribution in [0.3, 0.4) is 0 Å². The summed E-state index contributed by atoms with van der Waals surface area (Å²) in [5.41, 5.74) is -0.0869. The number of para-hydroxylation sites is 1. The number of hydrogen-bond acceptors (Lipinski definition) is 13. The topological polar surface area (TPSA) is 131 Å².